The molecule has 0 spiro atoms. The maximum absolute atomic E-state index is 15.5. The molecular formula is C29H41FN2O3S. The van der Waals surface area contributed by atoms with E-state index in [1.807, 2.05) is 18.2 Å². The molecule has 7 heteroatoms. The smallest absolute Gasteiger partial charge is 0.303 e. The van der Waals surface area contributed by atoms with E-state index in [9.17, 15) is 9.90 Å². The molecular weight excluding hydrogens is 475 g/mol. The lowest BCUT2D eigenvalue weighted by molar-refractivity contribution is -0.137. The SMILES string of the molecule is COc1ccc2nccc(C(F)CC[C@@H]3CCN(CCSC4CCCCC4)C[C@@H]3CCC(=O)O)c2c1. The van der Waals surface area contributed by atoms with Crippen LogP contribution in [-0.2, 0) is 4.79 Å². The Hall–Kier alpha value is -1.86. The number of piperidine rings is 1. The Morgan fingerprint density at radius 1 is 1.19 bits per heavy atom. The lowest BCUT2D eigenvalue weighted by atomic mass is 9.79. The molecule has 1 saturated heterocycles. The summed E-state index contributed by atoms with van der Waals surface area (Å²) in [5, 5.41) is 10.9. The van der Waals surface area contributed by atoms with Gasteiger partial charge in [0, 0.05) is 42.1 Å². The van der Waals surface area contributed by atoms with Crippen molar-refractivity contribution in [1.29, 1.82) is 0 Å². The van der Waals surface area contributed by atoms with Gasteiger partial charge in [0.1, 0.15) is 11.9 Å². The summed E-state index contributed by atoms with van der Waals surface area (Å²) in [7, 11) is 1.61. The molecule has 1 unspecified atom stereocenters. The summed E-state index contributed by atoms with van der Waals surface area (Å²) in [6, 6.07) is 7.36. The second-order valence-corrected chi connectivity index (χ2v) is 11.9. The molecule has 1 aliphatic heterocycles. The topological polar surface area (TPSA) is 62.7 Å². The molecule has 2 heterocycles. The van der Waals surface area contributed by atoms with Crippen LogP contribution in [0.4, 0.5) is 4.39 Å². The minimum Gasteiger partial charge on any atom is -0.497 e. The van der Waals surface area contributed by atoms with E-state index < -0.39 is 12.1 Å². The summed E-state index contributed by atoms with van der Waals surface area (Å²) in [6.07, 6.45) is 10.6. The number of thioether (sulfide) groups is 1. The van der Waals surface area contributed by atoms with Gasteiger partial charge in [-0.05, 0) is 86.7 Å². The Morgan fingerprint density at radius 2 is 2.03 bits per heavy atom. The Kier molecular flexibility index (Phi) is 10.3. The van der Waals surface area contributed by atoms with Gasteiger partial charge in [0.2, 0.25) is 0 Å². The van der Waals surface area contributed by atoms with Gasteiger partial charge in [-0.1, -0.05) is 19.3 Å². The van der Waals surface area contributed by atoms with Crippen molar-refractivity contribution in [2.45, 2.75) is 75.6 Å². The maximum Gasteiger partial charge on any atom is 0.303 e. The molecule has 4 rings (SSSR count). The first-order chi connectivity index (χ1) is 17.5. The minimum absolute atomic E-state index is 0.194. The number of aliphatic carboxylic acids is 1. The highest BCUT2D eigenvalue weighted by atomic mass is 32.2. The van der Waals surface area contributed by atoms with Crippen molar-refractivity contribution in [3.63, 3.8) is 0 Å². The number of rotatable bonds is 12. The van der Waals surface area contributed by atoms with Crippen LogP contribution in [0, 0.1) is 11.8 Å². The van der Waals surface area contributed by atoms with Gasteiger partial charge in [-0.15, -0.1) is 0 Å². The summed E-state index contributed by atoms with van der Waals surface area (Å²) < 4.78 is 20.9. The Balaban J connectivity index is 1.33. The molecule has 0 amide bonds. The maximum atomic E-state index is 15.5. The van der Waals surface area contributed by atoms with Gasteiger partial charge in [0.15, 0.2) is 0 Å². The van der Waals surface area contributed by atoms with Crippen LogP contribution in [0.3, 0.4) is 0 Å². The zero-order valence-electron chi connectivity index (χ0n) is 21.5. The van der Waals surface area contributed by atoms with Gasteiger partial charge >= 0.3 is 5.97 Å². The van der Waals surface area contributed by atoms with E-state index in [4.69, 9.17) is 4.74 Å². The van der Waals surface area contributed by atoms with Crippen LogP contribution < -0.4 is 4.74 Å². The van der Waals surface area contributed by atoms with Gasteiger partial charge in [-0.2, -0.15) is 11.8 Å². The number of alkyl halides is 1. The van der Waals surface area contributed by atoms with E-state index in [2.05, 4.69) is 21.6 Å². The van der Waals surface area contributed by atoms with Crippen molar-refractivity contribution < 1.29 is 19.0 Å². The van der Waals surface area contributed by atoms with Gasteiger partial charge < -0.3 is 14.7 Å². The molecule has 36 heavy (non-hydrogen) atoms. The van der Waals surface area contributed by atoms with Gasteiger partial charge in [-0.25, -0.2) is 4.39 Å². The molecule has 1 N–H and O–H groups in total. The monoisotopic (exact) mass is 516 g/mol. The quantitative estimate of drug-likeness (QED) is 0.331. The minimum atomic E-state index is -1.08. The number of hydrogen-bond donors (Lipinski definition) is 1. The molecule has 198 valence electrons. The van der Waals surface area contributed by atoms with E-state index >= 15 is 4.39 Å². The molecule has 2 aliphatic rings. The third-order valence-corrected chi connectivity index (χ3v) is 9.49. The fourth-order valence-corrected chi connectivity index (χ4v) is 7.38. The first-order valence-electron chi connectivity index (χ1n) is 13.7. The molecule has 5 nitrogen and oxygen atoms in total. The number of ether oxygens (including phenoxy) is 1. The highest BCUT2D eigenvalue weighted by Gasteiger charge is 2.30. The van der Waals surface area contributed by atoms with Crippen molar-refractivity contribution in [3.8, 4) is 5.75 Å². The van der Waals surface area contributed by atoms with Gasteiger partial charge in [-0.3, -0.25) is 9.78 Å². The molecule has 1 saturated carbocycles. The number of carbonyl (C=O) groups is 1. The Labute approximate surface area is 219 Å². The number of nitrogens with zero attached hydrogens (tertiary/aromatic N) is 2. The van der Waals surface area contributed by atoms with Crippen LogP contribution in [0.15, 0.2) is 30.5 Å². The fraction of sp³-hybridized carbons (Fsp3) is 0.655. The number of aromatic nitrogens is 1. The second kappa shape index (κ2) is 13.6. The standard InChI is InChI=1S/C29H41FN2O3S/c1-35-23-9-11-28-26(19-23)25(13-15-31-28)27(30)10-7-21-14-16-32(20-22(21)8-12-29(33)34)17-18-36-24-5-3-2-4-6-24/h9,11,13,15,19,21-22,24,27H,2-8,10,12,14,16-18,20H2,1H3,(H,33,34)/t21-,22+,27?/m1/s1. The van der Waals surface area contributed by atoms with Crippen molar-refractivity contribution in [2.75, 3.05) is 32.5 Å². The van der Waals surface area contributed by atoms with Gasteiger partial charge in [0.05, 0.1) is 12.6 Å². The van der Waals surface area contributed by atoms with Crippen LogP contribution in [-0.4, -0.2) is 58.7 Å². The molecule has 1 aromatic heterocycles. The fourth-order valence-electron chi connectivity index (χ4n) is 6.02. The van der Waals surface area contributed by atoms with Crippen molar-refractivity contribution in [3.05, 3.63) is 36.0 Å². The number of carboxylic acids is 1. The van der Waals surface area contributed by atoms with Crippen LogP contribution in [0.2, 0.25) is 0 Å². The normalized spacial score (nSPS) is 22.5. The number of pyridine rings is 1. The van der Waals surface area contributed by atoms with E-state index in [0.717, 1.165) is 54.4 Å². The third kappa shape index (κ3) is 7.58. The molecule has 1 aromatic carbocycles. The summed E-state index contributed by atoms with van der Waals surface area (Å²) in [5.74, 6) is 1.81. The number of hydrogen-bond acceptors (Lipinski definition) is 5. The van der Waals surface area contributed by atoms with Crippen molar-refractivity contribution >= 4 is 28.6 Å². The van der Waals surface area contributed by atoms with Crippen LogP contribution >= 0.6 is 11.8 Å². The average molecular weight is 517 g/mol. The Bertz CT molecular complexity index is 984. The van der Waals surface area contributed by atoms with E-state index in [1.165, 1.54) is 32.1 Å². The zero-order valence-corrected chi connectivity index (χ0v) is 22.4. The highest BCUT2D eigenvalue weighted by Crippen LogP contribution is 2.37. The lowest BCUT2D eigenvalue weighted by Crippen LogP contribution is -2.42. The van der Waals surface area contributed by atoms with E-state index in [0.29, 0.717) is 36.0 Å². The predicted octanol–water partition coefficient (Wildman–Crippen LogP) is 6.90. The van der Waals surface area contributed by atoms with Crippen LogP contribution in [0.25, 0.3) is 10.9 Å². The highest BCUT2D eigenvalue weighted by molar-refractivity contribution is 7.99. The summed E-state index contributed by atoms with van der Waals surface area (Å²) in [4.78, 5) is 18.2. The molecule has 2 aromatic rings. The average Bonchev–Trinajstić information content (AvgIpc) is 2.91. The second-order valence-electron chi connectivity index (χ2n) is 10.5. The summed E-state index contributed by atoms with van der Waals surface area (Å²) >= 11 is 2.13. The molecule has 3 atom stereocenters. The Morgan fingerprint density at radius 3 is 2.81 bits per heavy atom. The third-order valence-electron chi connectivity index (χ3n) is 8.13. The summed E-state index contributed by atoms with van der Waals surface area (Å²) in [5.41, 5.74) is 1.44. The largest absolute Gasteiger partial charge is 0.497 e. The number of likely N-dealkylation sites (tertiary alicyclic amines) is 1. The van der Waals surface area contributed by atoms with E-state index in [1.54, 1.807) is 19.4 Å². The van der Waals surface area contributed by atoms with Crippen molar-refractivity contribution in [1.82, 2.24) is 9.88 Å². The number of fused-ring (bicyclic) bond motifs is 1. The first kappa shape index (κ1) is 27.2. The van der Waals surface area contributed by atoms with Crippen molar-refractivity contribution in [2.24, 2.45) is 11.8 Å². The lowest BCUT2D eigenvalue weighted by Gasteiger charge is -2.39. The van der Waals surface area contributed by atoms with Gasteiger partial charge in [0.25, 0.3) is 0 Å². The first-order valence-corrected chi connectivity index (χ1v) is 14.7. The number of benzene rings is 1. The molecule has 0 radical (unpaired) electrons. The van der Waals surface area contributed by atoms with E-state index in [-0.39, 0.29) is 6.42 Å². The number of methoxy groups -OCH3 is 1. The van der Waals surface area contributed by atoms with Crippen LogP contribution in [0.5, 0.6) is 5.75 Å². The van der Waals surface area contributed by atoms with Crippen LogP contribution in [0.1, 0.15) is 75.9 Å². The summed E-state index contributed by atoms with van der Waals surface area (Å²) in [6.45, 7) is 3.05. The predicted molar refractivity (Wildman–Crippen MR) is 146 cm³/mol. The zero-order chi connectivity index (χ0) is 25.3. The molecule has 0 bridgehead atoms. The number of halogens is 1. The molecule has 1 aliphatic carbocycles. The molecule has 2 fully saturated rings. The number of carboxylic acid groups (broad SMARTS) is 1.